The molecule has 2 heterocycles. The number of hydrogen-bond acceptors (Lipinski definition) is 3. The van der Waals surface area contributed by atoms with Gasteiger partial charge in [-0.15, -0.1) is 0 Å². The maximum absolute atomic E-state index is 12.6. The standard InChI is InChI=1S/C17H19N3O2/c21-17(15-12-6-2-1-5-11(12)9-10-22-15)18-16-13-7-3-4-8-14(13)19-20-16/h1-2,5-6,15H,3-4,7-10H2,(H2,18,19,20,21)/t15-/m0/s1. The lowest BCUT2D eigenvalue weighted by molar-refractivity contribution is -0.128. The number of benzene rings is 1. The van der Waals surface area contributed by atoms with Gasteiger partial charge in [0.05, 0.1) is 12.3 Å². The second kappa shape index (κ2) is 5.57. The van der Waals surface area contributed by atoms with Crippen LogP contribution in [0.3, 0.4) is 0 Å². The minimum atomic E-state index is -0.535. The van der Waals surface area contributed by atoms with Gasteiger partial charge in [-0.25, -0.2) is 0 Å². The number of nitrogens with zero attached hydrogens (tertiary/aromatic N) is 1. The molecule has 0 fully saturated rings. The zero-order valence-corrected chi connectivity index (χ0v) is 12.4. The molecule has 1 aliphatic carbocycles. The summed E-state index contributed by atoms with van der Waals surface area (Å²) in [5.74, 6) is 0.621. The van der Waals surface area contributed by atoms with Gasteiger partial charge < -0.3 is 10.1 Å². The Labute approximate surface area is 129 Å². The van der Waals surface area contributed by atoms with Gasteiger partial charge >= 0.3 is 0 Å². The lowest BCUT2D eigenvalue weighted by Gasteiger charge is -2.25. The molecule has 0 unspecified atom stereocenters. The molecular formula is C17H19N3O2. The number of aryl methyl sites for hydroxylation is 1. The molecule has 1 aromatic carbocycles. The molecule has 2 aromatic rings. The van der Waals surface area contributed by atoms with Crippen molar-refractivity contribution in [1.29, 1.82) is 0 Å². The van der Waals surface area contributed by atoms with Crippen LogP contribution >= 0.6 is 0 Å². The van der Waals surface area contributed by atoms with Crippen LogP contribution in [0.2, 0.25) is 0 Å². The Kier molecular flexibility index (Phi) is 3.42. The van der Waals surface area contributed by atoms with Crippen LogP contribution in [-0.4, -0.2) is 22.7 Å². The topological polar surface area (TPSA) is 67.0 Å². The maximum Gasteiger partial charge on any atom is 0.259 e. The second-order valence-electron chi connectivity index (χ2n) is 5.92. The Hall–Kier alpha value is -2.14. The highest BCUT2D eigenvalue weighted by molar-refractivity contribution is 5.95. The summed E-state index contributed by atoms with van der Waals surface area (Å²) in [5, 5.41) is 10.3. The van der Waals surface area contributed by atoms with E-state index in [1.807, 2.05) is 18.2 Å². The van der Waals surface area contributed by atoms with Gasteiger partial charge in [-0.05, 0) is 43.2 Å². The summed E-state index contributed by atoms with van der Waals surface area (Å²) in [5.41, 5.74) is 4.41. The van der Waals surface area contributed by atoms with Crippen molar-refractivity contribution in [2.45, 2.75) is 38.2 Å². The normalized spacial score (nSPS) is 20.1. The van der Waals surface area contributed by atoms with E-state index in [9.17, 15) is 4.79 Å². The van der Waals surface area contributed by atoms with E-state index < -0.39 is 6.10 Å². The molecule has 0 bridgehead atoms. The molecule has 1 aromatic heterocycles. The number of anilines is 1. The highest BCUT2D eigenvalue weighted by Crippen LogP contribution is 2.30. The molecule has 1 atom stereocenters. The summed E-state index contributed by atoms with van der Waals surface area (Å²) in [4.78, 5) is 12.6. The van der Waals surface area contributed by atoms with Crippen molar-refractivity contribution in [3.05, 3.63) is 46.6 Å². The van der Waals surface area contributed by atoms with Gasteiger partial charge in [-0.2, -0.15) is 5.10 Å². The van der Waals surface area contributed by atoms with Gasteiger partial charge in [-0.3, -0.25) is 9.89 Å². The predicted molar refractivity (Wildman–Crippen MR) is 82.7 cm³/mol. The van der Waals surface area contributed by atoms with Gasteiger partial charge in [-0.1, -0.05) is 24.3 Å². The summed E-state index contributed by atoms with van der Waals surface area (Å²) in [6.07, 6.45) is 4.61. The summed E-state index contributed by atoms with van der Waals surface area (Å²) in [6, 6.07) is 7.99. The van der Waals surface area contributed by atoms with Gasteiger partial charge in [0.25, 0.3) is 5.91 Å². The quantitative estimate of drug-likeness (QED) is 0.895. The van der Waals surface area contributed by atoms with E-state index in [4.69, 9.17) is 4.74 Å². The summed E-state index contributed by atoms with van der Waals surface area (Å²) >= 11 is 0. The fourth-order valence-electron chi connectivity index (χ4n) is 3.38. The van der Waals surface area contributed by atoms with Gasteiger partial charge in [0.1, 0.15) is 5.82 Å². The summed E-state index contributed by atoms with van der Waals surface area (Å²) < 4.78 is 5.71. The molecule has 4 rings (SSSR count). The van der Waals surface area contributed by atoms with E-state index in [-0.39, 0.29) is 5.91 Å². The number of fused-ring (bicyclic) bond motifs is 2. The SMILES string of the molecule is O=C(Nc1[nH]nc2c1CCCC2)[C@H]1OCCc2ccccc21. The molecule has 22 heavy (non-hydrogen) atoms. The average Bonchev–Trinajstić information content (AvgIpc) is 2.97. The summed E-state index contributed by atoms with van der Waals surface area (Å²) in [7, 11) is 0. The molecule has 1 amide bonds. The Morgan fingerprint density at radius 1 is 1.23 bits per heavy atom. The Balaban J connectivity index is 1.57. The third-order valence-electron chi connectivity index (χ3n) is 4.52. The zero-order chi connectivity index (χ0) is 14.9. The molecule has 1 aliphatic heterocycles. The van der Waals surface area contributed by atoms with Crippen molar-refractivity contribution in [3.8, 4) is 0 Å². The van der Waals surface area contributed by atoms with E-state index in [2.05, 4.69) is 21.6 Å². The van der Waals surface area contributed by atoms with Crippen molar-refractivity contribution < 1.29 is 9.53 Å². The predicted octanol–water partition coefficient (Wildman–Crippen LogP) is 2.54. The smallest absolute Gasteiger partial charge is 0.259 e. The molecular weight excluding hydrogens is 278 g/mol. The molecule has 2 aliphatic rings. The molecule has 0 radical (unpaired) electrons. The zero-order valence-electron chi connectivity index (χ0n) is 12.4. The van der Waals surface area contributed by atoms with E-state index in [1.54, 1.807) is 0 Å². The molecule has 5 heteroatoms. The first-order valence-corrected chi connectivity index (χ1v) is 7.89. The van der Waals surface area contributed by atoms with Crippen molar-refractivity contribution in [1.82, 2.24) is 10.2 Å². The number of aromatic amines is 1. The van der Waals surface area contributed by atoms with Crippen LogP contribution in [0.15, 0.2) is 24.3 Å². The van der Waals surface area contributed by atoms with E-state index in [0.717, 1.165) is 48.3 Å². The molecule has 0 spiro atoms. The van der Waals surface area contributed by atoms with E-state index in [0.29, 0.717) is 6.61 Å². The first-order chi connectivity index (χ1) is 10.8. The van der Waals surface area contributed by atoms with E-state index >= 15 is 0 Å². The van der Waals surface area contributed by atoms with Crippen LogP contribution in [0.4, 0.5) is 5.82 Å². The summed E-state index contributed by atoms with van der Waals surface area (Å²) in [6.45, 7) is 0.580. The lowest BCUT2D eigenvalue weighted by Crippen LogP contribution is -2.28. The van der Waals surface area contributed by atoms with Gasteiger partial charge in [0.15, 0.2) is 6.10 Å². The number of nitrogens with one attached hydrogen (secondary N) is 2. The van der Waals surface area contributed by atoms with Crippen molar-refractivity contribution in [3.63, 3.8) is 0 Å². The minimum absolute atomic E-state index is 0.121. The molecule has 0 saturated carbocycles. The first kappa shape index (κ1) is 13.5. The second-order valence-corrected chi connectivity index (χ2v) is 5.92. The fourth-order valence-corrected chi connectivity index (χ4v) is 3.38. The van der Waals surface area contributed by atoms with Gasteiger partial charge in [0, 0.05) is 5.56 Å². The van der Waals surface area contributed by atoms with E-state index in [1.165, 1.54) is 12.0 Å². The van der Waals surface area contributed by atoms with Crippen LogP contribution in [-0.2, 0) is 28.8 Å². The first-order valence-electron chi connectivity index (χ1n) is 7.89. The number of carbonyl (C=O) groups is 1. The van der Waals surface area contributed by atoms with Crippen molar-refractivity contribution in [2.24, 2.45) is 0 Å². The van der Waals surface area contributed by atoms with Crippen LogP contribution in [0.5, 0.6) is 0 Å². The Bertz CT molecular complexity index is 708. The van der Waals surface area contributed by atoms with Crippen LogP contribution in [0, 0.1) is 0 Å². The monoisotopic (exact) mass is 297 g/mol. The highest BCUT2D eigenvalue weighted by atomic mass is 16.5. The fraction of sp³-hybridized carbons (Fsp3) is 0.412. The number of amides is 1. The molecule has 5 nitrogen and oxygen atoms in total. The van der Waals surface area contributed by atoms with Crippen molar-refractivity contribution >= 4 is 11.7 Å². The number of H-pyrrole nitrogens is 1. The number of ether oxygens (including phenoxy) is 1. The third-order valence-corrected chi connectivity index (χ3v) is 4.52. The Morgan fingerprint density at radius 2 is 2.09 bits per heavy atom. The van der Waals surface area contributed by atoms with Gasteiger partial charge in [0.2, 0.25) is 0 Å². The Morgan fingerprint density at radius 3 is 3.05 bits per heavy atom. The highest BCUT2D eigenvalue weighted by Gasteiger charge is 2.28. The number of aromatic nitrogens is 2. The lowest BCUT2D eigenvalue weighted by atomic mass is 9.96. The van der Waals surface area contributed by atoms with Crippen molar-refractivity contribution in [2.75, 3.05) is 11.9 Å². The molecule has 114 valence electrons. The van der Waals surface area contributed by atoms with Crippen LogP contribution in [0.25, 0.3) is 0 Å². The molecule has 0 saturated heterocycles. The van der Waals surface area contributed by atoms with Crippen LogP contribution in [0.1, 0.15) is 41.3 Å². The number of hydrogen-bond donors (Lipinski definition) is 2. The average molecular weight is 297 g/mol. The third kappa shape index (κ3) is 2.31. The minimum Gasteiger partial charge on any atom is -0.363 e. The van der Waals surface area contributed by atoms with Crippen LogP contribution < -0.4 is 5.32 Å². The number of carbonyl (C=O) groups excluding carboxylic acids is 1. The largest absolute Gasteiger partial charge is 0.363 e. The maximum atomic E-state index is 12.6. The number of rotatable bonds is 2. The molecule has 2 N–H and O–H groups in total.